The number of hydrogen-bond donors (Lipinski definition) is 0. The Balaban J connectivity index is 1.26. The van der Waals surface area contributed by atoms with E-state index < -0.39 is 0 Å². The van der Waals surface area contributed by atoms with Gasteiger partial charge in [0.25, 0.3) is 11.5 Å². The van der Waals surface area contributed by atoms with Crippen LogP contribution in [-0.4, -0.2) is 59.7 Å². The van der Waals surface area contributed by atoms with Gasteiger partial charge in [-0.3, -0.25) is 14.5 Å². The number of morpholine rings is 1. The zero-order valence-electron chi connectivity index (χ0n) is 20.8. The molecule has 3 aliphatic rings. The van der Waals surface area contributed by atoms with E-state index in [4.69, 9.17) is 10.00 Å². The first kappa shape index (κ1) is 23.7. The Kier molecular flexibility index (Phi) is 6.37. The zero-order chi connectivity index (χ0) is 25.4. The third-order valence-electron chi connectivity index (χ3n) is 7.96. The molecule has 3 aromatic rings. The van der Waals surface area contributed by atoms with Crippen LogP contribution in [-0.2, 0) is 17.8 Å². The van der Waals surface area contributed by atoms with Gasteiger partial charge in [0.05, 0.1) is 24.8 Å². The number of hydrogen-bond acceptors (Lipinski definition) is 5. The number of nitrogens with zero attached hydrogens (tertiary/aromatic N) is 4. The second-order valence-corrected chi connectivity index (χ2v) is 10.3. The van der Waals surface area contributed by atoms with Crippen LogP contribution in [0.2, 0.25) is 0 Å². The molecule has 6 rings (SSSR count). The minimum atomic E-state index is -0.0105. The van der Waals surface area contributed by atoms with Crippen LogP contribution in [0.15, 0.2) is 65.5 Å². The molecule has 2 saturated heterocycles. The van der Waals surface area contributed by atoms with Crippen LogP contribution in [0.25, 0.3) is 11.1 Å². The third kappa shape index (κ3) is 4.59. The molecule has 3 aliphatic heterocycles. The molecule has 1 amide bonds. The first-order valence-electron chi connectivity index (χ1n) is 13.0. The highest BCUT2D eigenvalue weighted by Gasteiger charge is 2.37. The number of fused-ring (bicyclic) bond motifs is 4. The second-order valence-electron chi connectivity index (χ2n) is 10.3. The lowest BCUT2D eigenvalue weighted by atomic mass is 9.82. The maximum Gasteiger partial charge on any atom is 0.258 e. The molecule has 2 fully saturated rings. The predicted octanol–water partition coefficient (Wildman–Crippen LogP) is 3.48. The van der Waals surface area contributed by atoms with Crippen molar-refractivity contribution < 1.29 is 9.53 Å². The summed E-state index contributed by atoms with van der Waals surface area (Å²) in [7, 11) is 0. The number of nitriles is 1. The molecule has 0 aliphatic carbocycles. The fourth-order valence-corrected chi connectivity index (χ4v) is 6.11. The van der Waals surface area contributed by atoms with Crippen molar-refractivity contribution in [3.8, 4) is 17.2 Å². The van der Waals surface area contributed by atoms with Gasteiger partial charge in [-0.15, -0.1) is 0 Å². The van der Waals surface area contributed by atoms with Crippen molar-refractivity contribution in [1.29, 1.82) is 5.26 Å². The highest BCUT2D eigenvalue weighted by molar-refractivity contribution is 5.94. The molecule has 188 valence electrons. The molecule has 0 spiro atoms. The number of piperidine rings is 1. The quantitative estimate of drug-likeness (QED) is 0.555. The summed E-state index contributed by atoms with van der Waals surface area (Å²) in [6.07, 6.45) is 0.990. The normalized spacial score (nSPS) is 21.2. The smallest absolute Gasteiger partial charge is 0.258 e. The lowest BCUT2D eigenvalue weighted by molar-refractivity contribution is 0.0342. The van der Waals surface area contributed by atoms with Crippen LogP contribution in [0.3, 0.4) is 0 Å². The molecule has 2 atom stereocenters. The summed E-state index contributed by atoms with van der Waals surface area (Å²) in [5.41, 5.74) is 5.14. The summed E-state index contributed by atoms with van der Waals surface area (Å²) in [4.78, 5) is 31.3. The fraction of sp³-hybridized carbons (Fsp3) is 0.367. The third-order valence-corrected chi connectivity index (χ3v) is 7.96. The number of carbonyl (C=O) groups excluding carboxylic acids is 1. The average molecular weight is 495 g/mol. The Morgan fingerprint density at radius 3 is 2.51 bits per heavy atom. The van der Waals surface area contributed by atoms with Crippen molar-refractivity contribution in [1.82, 2.24) is 14.4 Å². The predicted molar refractivity (Wildman–Crippen MR) is 140 cm³/mol. The maximum absolute atomic E-state index is 13.8. The van der Waals surface area contributed by atoms with E-state index in [1.807, 2.05) is 27.7 Å². The second kappa shape index (κ2) is 9.97. The number of benzene rings is 2. The summed E-state index contributed by atoms with van der Waals surface area (Å²) >= 11 is 0. The number of amides is 1. The summed E-state index contributed by atoms with van der Waals surface area (Å²) in [5, 5.41) is 9.04. The monoisotopic (exact) mass is 494 g/mol. The average Bonchev–Trinajstić information content (AvgIpc) is 2.94. The highest BCUT2D eigenvalue weighted by Crippen LogP contribution is 2.36. The molecule has 2 bridgehead atoms. The van der Waals surface area contributed by atoms with E-state index in [1.54, 1.807) is 24.3 Å². The van der Waals surface area contributed by atoms with Crippen LogP contribution in [0.5, 0.6) is 0 Å². The molecule has 37 heavy (non-hydrogen) atoms. The van der Waals surface area contributed by atoms with Gasteiger partial charge in [0.1, 0.15) is 0 Å². The molecule has 0 radical (unpaired) electrons. The summed E-state index contributed by atoms with van der Waals surface area (Å²) in [6, 6.07) is 21.2. The Morgan fingerprint density at radius 1 is 0.946 bits per heavy atom. The van der Waals surface area contributed by atoms with Crippen molar-refractivity contribution in [2.45, 2.75) is 25.4 Å². The van der Waals surface area contributed by atoms with Gasteiger partial charge in [-0.25, -0.2) is 0 Å². The van der Waals surface area contributed by atoms with Gasteiger partial charge in [-0.2, -0.15) is 5.26 Å². The molecule has 0 N–H and O–H groups in total. The standard InChI is InChI=1S/C30H30N4O3/c31-16-21-5-7-23(8-6-21)29(35)33-17-22-15-25(20-33)28-10-9-27(30(36)34(28)18-22)26-4-2-1-3-24(26)19-32-11-13-37-14-12-32/h1-10,22,25H,11-15,17-20H2/t22-,25+/m0/s1. The lowest BCUT2D eigenvalue weighted by Crippen LogP contribution is -2.49. The van der Waals surface area contributed by atoms with E-state index in [0.29, 0.717) is 30.8 Å². The van der Waals surface area contributed by atoms with E-state index in [1.165, 1.54) is 0 Å². The van der Waals surface area contributed by atoms with Gasteiger partial charge in [-0.05, 0) is 59.9 Å². The molecule has 7 nitrogen and oxygen atoms in total. The first-order valence-corrected chi connectivity index (χ1v) is 13.0. The number of pyridine rings is 1. The molecule has 7 heteroatoms. The van der Waals surface area contributed by atoms with Gasteiger partial charge in [0, 0.05) is 62.0 Å². The van der Waals surface area contributed by atoms with Crippen LogP contribution in [0.1, 0.15) is 39.5 Å². The minimum absolute atomic E-state index is 0.0105. The van der Waals surface area contributed by atoms with Gasteiger partial charge in [0.15, 0.2) is 0 Å². The molecule has 0 unspecified atom stereocenters. The molecule has 2 aromatic carbocycles. The number of aromatic nitrogens is 1. The van der Waals surface area contributed by atoms with E-state index in [-0.39, 0.29) is 23.3 Å². The van der Waals surface area contributed by atoms with Crippen molar-refractivity contribution in [2.75, 3.05) is 39.4 Å². The summed E-state index contributed by atoms with van der Waals surface area (Å²) in [5.74, 6) is 0.369. The maximum atomic E-state index is 13.8. The van der Waals surface area contributed by atoms with Crippen molar-refractivity contribution in [3.63, 3.8) is 0 Å². The zero-order valence-corrected chi connectivity index (χ0v) is 20.8. The van der Waals surface area contributed by atoms with Gasteiger partial charge in [-0.1, -0.05) is 24.3 Å². The van der Waals surface area contributed by atoms with E-state index in [9.17, 15) is 9.59 Å². The Morgan fingerprint density at radius 2 is 1.73 bits per heavy atom. The molecular weight excluding hydrogens is 464 g/mol. The SMILES string of the molecule is N#Cc1ccc(C(=O)N2C[C@@H]3C[C@H](C2)c2ccc(-c4ccccc4CN4CCOCC4)c(=O)n2C3)cc1. The minimum Gasteiger partial charge on any atom is -0.379 e. The van der Waals surface area contributed by atoms with Crippen LogP contribution < -0.4 is 5.56 Å². The Bertz CT molecular complexity index is 1420. The summed E-state index contributed by atoms with van der Waals surface area (Å²) in [6.45, 7) is 5.96. The van der Waals surface area contributed by atoms with Gasteiger partial charge in [0.2, 0.25) is 0 Å². The van der Waals surface area contributed by atoms with Crippen molar-refractivity contribution in [3.05, 3.63) is 93.4 Å². The van der Waals surface area contributed by atoms with E-state index >= 15 is 0 Å². The van der Waals surface area contributed by atoms with Crippen molar-refractivity contribution >= 4 is 5.91 Å². The molecular formula is C30H30N4O3. The Hall–Kier alpha value is -3.73. The number of ether oxygens (including phenoxy) is 1. The van der Waals surface area contributed by atoms with Crippen LogP contribution in [0, 0.1) is 17.2 Å². The fourth-order valence-electron chi connectivity index (χ4n) is 6.11. The van der Waals surface area contributed by atoms with Gasteiger partial charge >= 0.3 is 0 Å². The molecule has 1 aromatic heterocycles. The number of likely N-dealkylation sites (tertiary alicyclic amines) is 1. The van der Waals surface area contributed by atoms with Crippen molar-refractivity contribution in [2.24, 2.45) is 5.92 Å². The Labute approximate surface area is 216 Å². The first-order chi connectivity index (χ1) is 18.1. The van der Waals surface area contributed by atoms with Crippen LogP contribution >= 0.6 is 0 Å². The highest BCUT2D eigenvalue weighted by atomic mass is 16.5. The number of rotatable bonds is 4. The van der Waals surface area contributed by atoms with E-state index in [0.717, 1.165) is 61.7 Å². The largest absolute Gasteiger partial charge is 0.379 e. The summed E-state index contributed by atoms with van der Waals surface area (Å²) < 4.78 is 7.46. The van der Waals surface area contributed by atoms with E-state index in [2.05, 4.69) is 29.2 Å². The van der Waals surface area contributed by atoms with Crippen LogP contribution in [0.4, 0.5) is 0 Å². The molecule has 4 heterocycles. The van der Waals surface area contributed by atoms with Gasteiger partial charge < -0.3 is 14.2 Å². The topological polar surface area (TPSA) is 78.6 Å². The lowest BCUT2D eigenvalue weighted by Gasteiger charge is -2.43. The number of carbonyl (C=O) groups is 1. The molecule has 0 saturated carbocycles.